The van der Waals surface area contributed by atoms with E-state index in [1.807, 2.05) is 30.3 Å². The van der Waals surface area contributed by atoms with Crippen LogP contribution < -0.4 is 0 Å². The summed E-state index contributed by atoms with van der Waals surface area (Å²) in [5.74, 6) is -0.907. The Kier molecular flexibility index (Phi) is 20.2. The van der Waals surface area contributed by atoms with Gasteiger partial charge in [0.15, 0.2) is 0 Å². The molecule has 0 aromatic heterocycles. The Balaban J connectivity index is -0.000000175. The summed E-state index contributed by atoms with van der Waals surface area (Å²) in [4.78, 5) is 20.0. The second kappa shape index (κ2) is 16.7. The Morgan fingerprint density at radius 3 is 1.41 bits per heavy atom. The molecule has 0 fully saturated rings. The molecule has 1 heterocycles. The summed E-state index contributed by atoms with van der Waals surface area (Å²) in [5.41, 5.74) is 0. The minimum Gasteiger partial charge on any atom is -0.214 e. The second-order valence-corrected chi connectivity index (χ2v) is 2.08. The predicted molar refractivity (Wildman–Crippen MR) is 52.4 cm³/mol. The number of hydrogen-bond acceptors (Lipinski definition) is 2. The molecule has 0 bridgehead atoms. The molecule has 17 heavy (non-hydrogen) atoms. The van der Waals surface area contributed by atoms with Crippen molar-refractivity contribution in [3.8, 4) is 0 Å². The average Bonchev–Trinajstić information content (AvgIpc) is 2.99. The molecule has 2 rings (SSSR count). The van der Waals surface area contributed by atoms with Crippen molar-refractivity contribution in [1.82, 2.24) is 0 Å². The molecular weight excluding hydrogens is 266 g/mol. The van der Waals surface area contributed by atoms with E-state index in [1.165, 1.54) is 0 Å². The molecule has 1 aliphatic rings. The van der Waals surface area contributed by atoms with Crippen LogP contribution in [0.4, 0.5) is 0 Å². The van der Waals surface area contributed by atoms with E-state index in [4.69, 9.17) is 9.30 Å². The largest absolute Gasteiger partial charge is 2.00 e. The fourth-order valence-corrected chi connectivity index (χ4v) is 0.646. The van der Waals surface area contributed by atoms with Crippen LogP contribution >= 0.6 is 0 Å². The molecule has 2 amide bonds. The van der Waals surface area contributed by atoms with Crippen LogP contribution in [0.3, 0.4) is 0 Å². The Morgan fingerprint density at radius 2 is 1.29 bits per heavy atom. The standard InChI is InChI=1S/C5H5.C4H3NO2.2CO.Fe/c1-2-4-5-3-1;6-3-1-2-4(7)5-3;2*1-2;/h1-5H;1-2H,(H,5,6,7);;;/q-1;;;;+2/p-1. The summed E-state index contributed by atoms with van der Waals surface area (Å²) in [6.45, 7) is 9.00. The summed E-state index contributed by atoms with van der Waals surface area (Å²) in [6.07, 6.45) is 2.28. The van der Waals surface area contributed by atoms with Crippen molar-refractivity contribution in [2.45, 2.75) is 0 Å². The van der Waals surface area contributed by atoms with Gasteiger partial charge in [-0.3, -0.25) is 0 Å². The molecule has 0 saturated heterocycles. The number of amides is 2. The zero-order valence-electron chi connectivity index (χ0n) is 8.48. The van der Waals surface area contributed by atoms with Crippen molar-refractivity contribution >= 4 is 11.8 Å². The van der Waals surface area contributed by atoms with E-state index in [-0.39, 0.29) is 17.1 Å². The minimum absolute atomic E-state index is 0. The molecule has 1 aromatic carbocycles. The summed E-state index contributed by atoms with van der Waals surface area (Å²) >= 11 is 0. The van der Waals surface area contributed by atoms with E-state index in [2.05, 4.69) is 18.6 Å². The summed E-state index contributed by atoms with van der Waals surface area (Å²) < 4.78 is 15.0. The quantitative estimate of drug-likeness (QED) is 0.309. The number of carbonyl (C=O) groups is 2. The zero-order chi connectivity index (χ0) is 12.8. The van der Waals surface area contributed by atoms with Gasteiger partial charge >= 0.3 is 39.7 Å². The van der Waals surface area contributed by atoms with Crippen LogP contribution in [-0.4, -0.2) is 11.8 Å². The van der Waals surface area contributed by atoms with Crippen molar-refractivity contribution in [2.24, 2.45) is 0 Å². The van der Waals surface area contributed by atoms with E-state index in [0.29, 0.717) is 0 Å². The monoisotopic (exact) mass is 273 g/mol. The van der Waals surface area contributed by atoms with Crippen molar-refractivity contribution in [3.63, 3.8) is 0 Å². The average molecular weight is 273 g/mol. The minimum atomic E-state index is -0.454. The van der Waals surface area contributed by atoms with E-state index in [1.54, 1.807) is 0 Å². The van der Waals surface area contributed by atoms with Gasteiger partial charge in [-0.05, 0) is 12.2 Å². The first-order valence-corrected chi connectivity index (χ1v) is 3.84. The molecule has 0 unspecified atom stereocenters. The molecule has 1 aliphatic heterocycles. The molecule has 0 atom stereocenters. The Bertz CT molecular complexity index is 326. The Morgan fingerprint density at radius 1 is 0.941 bits per heavy atom. The molecule has 0 N–H and O–H groups in total. The normalized spacial score (nSPS) is 9.88. The number of hydrogen-bond donors (Lipinski definition) is 0. The number of rotatable bonds is 0. The third kappa shape index (κ3) is 14.2. The molecule has 88 valence electrons. The van der Waals surface area contributed by atoms with E-state index in [9.17, 15) is 9.59 Å². The van der Waals surface area contributed by atoms with Gasteiger partial charge in [-0.2, -0.15) is 18.2 Å². The number of nitrogens with zero attached hydrogens (tertiary/aromatic N) is 1. The third-order valence-corrected chi connectivity index (χ3v) is 1.14. The summed E-state index contributed by atoms with van der Waals surface area (Å²) in [5, 5.41) is 3.00. The van der Waals surface area contributed by atoms with Crippen molar-refractivity contribution < 1.29 is 36.0 Å². The molecule has 0 aliphatic carbocycles. The fraction of sp³-hybridized carbons (Fsp3) is 0. The summed E-state index contributed by atoms with van der Waals surface area (Å²) in [6, 6.07) is 10.0. The maximum absolute atomic E-state index is 9.98. The van der Waals surface area contributed by atoms with Gasteiger partial charge in [-0.15, -0.1) is 0 Å². The van der Waals surface area contributed by atoms with E-state index < -0.39 is 11.8 Å². The van der Waals surface area contributed by atoms with Crippen LogP contribution in [0.5, 0.6) is 0 Å². The van der Waals surface area contributed by atoms with Gasteiger partial charge in [0.05, 0.1) is 11.8 Å². The van der Waals surface area contributed by atoms with Crippen LogP contribution in [0.1, 0.15) is 0 Å². The molecule has 0 radical (unpaired) electrons. The van der Waals surface area contributed by atoms with Gasteiger partial charge in [-0.25, -0.2) is 12.1 Å². The van der Waals surface area contributed by atoms with Gasteiger partial charge in [0.25, 0.3) is 0 Å². The van der Waals surface area contributed by atoms with Crippen molar-refractivity contribution in [2.75, 3.05) is 0 Å². The first-order valence-electron chi connectivity index (χ1n) is 3.84. The molecular formula is C11H7FeNO4. The summed E-state index contributed by atoms with van der Waals surface area (Å²) in [7, 11) is 0. The molecule has 6 heteroatoms. The van der Waals surface area contributed by atoms with Gasteiger partial charge in [0.1, 0.15) is 0 Å². The molecule has 0 spiro atoms. The molecule has 0 saturated carbocycles. The molecule has 5 nitrogen and oxygen atoms in total. The van der Waals surface area contributed by atoms with Crippen LogP contribution in [0.15, 0.2) is 42.5 Å². The van der Waals surface area contributed by atoms with Crippen molar-refractivity contribution in [3.05, 3.63) is 61.1 Å². The molecule has 1 aromatic rings. The number of imide groups is 1. The Labute approximate surface area is 109 Å². The predicted octanol–water partition coefficient (Wildman–Crippen LogP) is 1.31. The van der Waals surface area contributed by atoms with Gasteiger partial charge in [0.2, 0.25) is 0 Å². The van der Waals surface area contributed by atoms with E-state index >= 15 is 0 Å². The fourth-order valence-electron chi connectivity index (χ4n) is 0.646. The first kappa shape index (κ1) is 20.6. The van der Waals surface area contributed by atoms with Crippen LogP contribution in [0, 0.1) is 13.3 Å². The number of carbonyl (C=O) groups excluding carboxylic acids is 2. The van der Waals surface area contributed by atoms with E-state index in [0.717, 1.165) is 12.2 Å². The van der Waals surface area contributed by atoms with Gasteiger partial charge in [0, 0.05) is 0 Å². The maximum atomic E-state index is 9.98. The second-order valence-electron chi connectivity index (χ2n) is 2.08. The third-order valence-electron chi connectivity index (χ3n) is 1.14. The van der Waals surface area contributed by atoms with Gasteiger partial charge < -0.3 is 14.9 Å². The van der Waals surface area contributed by atoms with Crippen LogP contribution in [0.2, 0.25) is 0 Å². The maximum Gasteiger partial charge on any atom is 2.00 e. The SMILES string of the molecule is O=C1C=CC(=O)[N-]1.[C-]#[O+].[C-]#[O+].[Fe+2].c1cc[cH-]c1. The zero-order valence-corrected chi connectivity index (χ0v) is 9.58. The first-order chi connectivity index (χ1) is 7.79. The van der Waals surface area contributed by atoms with Crippen LogP contribution in [0.25, 0.3) is 5.32 Å². The smallest absolute Gasteiger partial charge is 0.214 e. The topological polar surface area (TPSA) is 88.0 Å². The van der Waals surface area contributed by atoms with Crippen LogP contribution in [-0.2, 0) is 36.0 Å². The Hall–Kier alpha value is -1.77. The van der Waals surface area contributed by atoms with Gasteiger partial charge in [-0.1, -0.05) is 0 Å². The van der Waals surface area contributed by atoms with Crippen molar-refractivity contribution in [1.29, 1.82) is 0 Å².